The Bertz CT molecular complexity index is 303. The molecule has 1 saturated carbocycles. The molecule has 2 amide bonds. The first-order valence-corrected chi connectivity index (χ1v) is 7.50. The number of hydrogen-bond acceptors (Lipinski definition) is 3. The Labute approximate surface area is 106 Å². The van der Waals surface area contributed by atoms with Gasteiger partial charge < -0.3 is 10.6 Å². The van der Waals surface area contributed by atoms with Crippen LogP contribution in [-0.2, 0) is 9.59 Å². The highest BCUT2D eigenvalue weighted by atomic mass is 32.2. The first-order valence-electron chi connectivity index (χ1n) is 6.35. The third-order valence-corrected chi connectivity index (χ3v) is 4.71. The van der Waals surface area contributed by atoms with Crippen LogP contribution in [0, 0.1) is 5.92 Å². The zero-order valence-corrected chi connectivity index (χ0v) is 10.9. The number of rotatable bonds is 3. The minimum Gasteiger partial charge on any atom is -0.368 e. The molecule has 17 heavy (non-hydrogen) atoms. The Hall–Kier alpha value is -0.710. The molecule has 0 aromatic carbocycles. The molecule has 0 bridgehead atoms. The van der Waals surface area contributed by atoms with E-state index in [0.29, 0.717) is 17.4 Å². The summed E-state index contributed by atoms with van der Waals surface area (Å²) in [4.78, 5) is 25.0. The van der Waals surface area contributed by atoms with E-state index in [4.69, 9.17) is 5.73 Å². The highest BCUT2D eigenvalue weighted by Gasteiger charge is 2.33. The van der Waals surface area contributed by atoms with Gasteiger partial charge in [0.25, 0.3) is 0 Å². The summed E-state index contributed by atoms with van der Waals surface area (Å²) in [5.74, 6) is 1.44. The molecule has 4 nitrogen and oxygen atoms in total. The second kappa shape index (κ2) is 5.76. The Morgan fingerprint density at radius 2 is 2.06 bits per heavy atom. The lowest BCUT2D eigenvalue weighted by Crippen LogP contribution is -2.54. The van der Waals surface area contributed by atoms with Crippen LogP contribution in [0.3, 0.4) is 0 Å². The maximum atomic E-state index is 11.9. The van der Waals surface area contributed by atoms with Crippen LogP contribution in [0.4, 0.5) is 0 Å². The highest BCUT2D eigenvalue weighted by molar-refractivity contribution is 8.00. The largest absolute Gasteiger partial charge is 0.368 e. The van der Waals surface area contributed by atoms with E-state index in [2.05, 4.69) is 0 Å². The monoisotopic (exact) mass is 256 g/mol. The molecule has 1 aliphatic carbocycles. The molecule has 0 aromatic rings. The summed E-state index contributed by atoms with van der Waals surface area (Å²) in [6.07, 6.45) is 6.18. The predicted octanol–water partition coefficient (Wildman–Crippen LogP) is 0.996. The summed E-state index contributed by atoms with van der Waals surface area (Å²) >= 11 is 1.51. The second-order valence-corrected chi connectivity index (χ2v) is 6.01. The lowest BCUT2D eigenvalue weighted by atomic mass is 9.88. The molecule has 5 heteroatoms. The highest BCUT2D eigenvalue weighted by Crippen LogP contribution is 2.27. The molecule has 2 aliphatic rings. The van der Waals surface area contributed by atoms with Crippen molar-refractivity contribution in [2.24, 2.45) is 11.7 Å². The Balaban J connectivity index is 1.98. The molecule has 1 heterocycles. The normalized spacial score (nSPS) is 27.2. The second-order valence-electron chi connectivity index (χ2n) is 4.98. The minimum absolute atomic E-state index is 0.0793. The number of thioether (sulfide) groups is 1. The average molecular weight is 256 g/mol. The SMILES string of the molecule is NC(=O)C1CSCC(=O)N1CC1CCCCC1. The van der Waals surface area contributed by atoms with Gasteiger partial charge in [-0.15, -0.1) is 11.8 Å². The number of primary amides is 1. The van der Waals surface area contributed by atoms with Crippen molar-refractivity contribution in [2.45, 2.75) is 38.1 Å². The Kier molecular flexibility index (Phi) is 4.31. The maximum absolute atomic E-state index is 11.9. The molecule has 0 radical (unpaired) electrons. The van der Waals surface area contributed by atoms with Gasteiger partial charge >= 0.3 is 0 Å². The van der Waals surface area contributed by atoms with Gasteiger partial charge in [-0.05, 0) is 18.8 Å². The average Bonchev–Trinajstić information content (AvgIpc) is 2.33. The molecular weight excluding hydrogens is 236 g/mol. The molecule has 1 aliphatic heterocycles. The molecule has 96 valence electrons. The lowest BCUT2D eigenvalue weighted by Gasteiger charge is -2.36. The fraction of sp³-hybridized carbons (Fsp3) is 0.833. The summed E-state index contributed by atoms with van der Waals surface area (Å²) in [6, 6.07) is -0.386. The zero-order valence-electron chi connectivity index (χ0n) is 10.1. The van der Waals surface area contributed by atoms with Crippen LogP contribution < -0.4 is 5.73 Å². The van der Waals surface area contributed by atoms with Crippen molar-refractivity contribution in [1.29, 1.82) is 0 Å². The van der Waals surface area contributed by atoms with E-state index < -0.39 is 0 Å². The number of amides is 2. The number of carbonyl (C=O) groups is 2. The van der Waals surface area contributed by atoms with Gasteiger partial charge in [-0.3, -0.25) is 9.59 Å². The van der Waals surface area contributed by atoms with E-state index in [-0.39, 0.29) is 17.9 Å². The van der Waals surface area contributed by atoms with Crippen molar-refractivity contribution in [3.05, 3.63) is 0 Å². The molecule has 1 unspecified atom stereocenters. The molecule has 1 atom stereocenters. The molecule has 2 fully saturated rings. The van der Waals surface area contributed by atoms with Crippen LogP contribution in [0.5, 0.6) is 0 Å². The summed E-state index contributed by atoms with van der Waals surface area (Å²) in [6.45, 7) is 0.729. The van der Waals surface area contributed by atoms with Gasteiger partial charge in [0.1, 0.15) is 6.04 Å². The smallest absolute Gasteiger partial charge is 0.241 e. The fourth-order valence-electron chi connectivity index (χ4n) is 2.72. The van der Waals surface area contributed by atoms with E-state index in [0.717, 1.165) is 6.54 Å². The Morgan fingerprint density at radius 3 is 2.71 bits per heavy atom. The number of nitrogens with two attached hydrogens (primary N) is 1. The van der Waals surface area contributed by atoms with Crippen molar-refractivity contribution in [1.82, 2.24) is 4.90 Å². The summed E-state index contributed by atoms with van der Waals surface area (Å²) < 4.78 is 0. The number of hydrogen-bond donors (Lipinski definition) is 1. The maximum Gasteiger partial charge on any atom is 0.241 e. The van der Waals surface area contributed by atoms with E-state index in [9.17, 15) is 9.59 Å². The standard InChI is InChI=1S/C12H20N2O2S/c13-12(16)10-7-17-8-11(15)14(10)6-9-4-2-1-3-5-9/h9-10H,1-8H2,(H2,13,16). The number of carbonyl (C=O) groups excluding carboxylic acids is 2. The van der Waals surface area contributed by atoms with Crippen LogP contribution in [0.1, 0.15) is 32.1 Å². The molecule has 2 rings (SSSR count). The van der Waals surface area contributed by atoms with Crippen LogP contribution in [0.15, 0.2) is 0 Å². The topological polar surface area (TPSA) is 63.4 Å². The van der Waals surface area contributed by atoms with Crippen molar-refractivity contribution in [3.63, 3.8) is 0 Å². The van der Waals surface area contributed by atoms with E-state index in [1.807, 2.05) is 0 Å². The van der Waals surface area contributed by atoms with Crippen LogP contribution in [-0.4, -0.2) is 40.8 Å². The van der Waals surface area contributed by atoms with Crippen LogP contribution >= 0.6 is 11.8 Å². The van der Waals surface area contributed by atoms with Crippen molar-refractivity contribution in [2.75, 3.05) is 18.1 Å². The third-order valence-electron chi connectivity index (χ3n) is 3.71. The minimum atomic E-state index is -0.386. The molecule has 1 saturated heterocycles. The lowest BCUT2D eigenvalue weighted by molar-refractivity contribution is -0.137. The Morgan fingerprint density at radius 1 is 1.35 bits per heavy atom. The van der Waals surface area contributed by atoms with Gasteiger partial charge in [-0.2, -0.15) is 0 Å². The van der Waals surface area contributed by atoms with Gasteiger partial charge in [-0.1, -0.05) is 19.3 Å². The third kappa shape index (κ3) is 3.15. The van der Waals surface area contributed by atoms with Gasteiger partial charge in [0.2, 0.25) is 11.8 Å². The van der Waals surface area contributed by atoms with Gasteiger partial charge in [-0.25, -0.2) is 0 Å². The summed E-state index contributed by atoms with van der Waals surface area (Å²) in [7, 11) is 0. The van der Waals surface area contributed by atoms with Gasteiger partial charge in [0.15, 0.2) is 0 Å². The van der Waals surface area contributed by atoms with E-state index in [1.165, 1.54) is 43.9 Å². The summed E-state index contributed by atoms with van der Waals surface area (Å²) in [5, 5.41) is 0. The van der Waals surface area contributed by atoms with Crippen LogP contribution in [0.2, 0.25) is 0 Å². The summed E-state index contributed by atoms with van der Waals surface area (Å²) in [5.41, 5.74) is 5.38. The first-order chi connectivity index (χ1) is 8.18. The zero-order chi connectivity index (χ0) is 12.3. The van der Waals surface area contributed by atoms with Crippen molar-refractivity contribution < 1.29 is 9.59 Å². The molecule has 0 aromatic heterocycles. The predicted molar refractivity (Wildman–Crippen MR) is 68.6 cm³/mol. The molecule has 0 spiro atoms. The van der Waals surface area contributed by atoms with Crippen LogP contribution in [0.25, 0.3) is 0 Å². The van der Waals surface area contributed by atoms with E-state index >= 15 is 0 Å². The number of nitrogens with zero attached hydrogens (tertiary/aromatic N) is 1. The molecule has 2 N–H and O–H groups in total. The molecular formula is C12H20N2O2S. The van der Waals surface area contributed by atoms with E-state index in [1.54, 1.807) is 4.90 Å². The van der Waals surface area contributed by atoms with Crippen molar-refractivity contribution >= 4 is 23.6 Å². The van der Waals surface area contributed by atoms with Gasteiger partial charge in [0, 0.05) is 12.3 Å². The van der Waals surface area contributed by atoms with Crippen molar-refractivity contribution in [3.8, 4) is 0 Å². The fourth-order valence-corrected chi connectivity index (χ4v) is 3.74. The van der Waals surface area contributed by atoms with Gasteiger partial charge in [0.05, 0.1) is 5.75 Å². The first kappa shape index (κ1) is 12.7. The quantitative estimate of drug-likeness (QED) is 0.819.